The van der Waals surface area contributed by atoms with Gasteiger partial charge in [-0.2, -0.15) is 0 Å². The Balaban J connectivity index is 2.84. The molecule has 0 saturated carbocycles. The molecule has 0 aliphatic heterocycles. The first kappa shape index (κ1) is 10.6. The molecule has 0 aliphatic carbocycles. The van der Waals surface area contributed by atoms with E-state index in [9.17, 15) is 19.7 Å². The van der Waals surface area contributed by atoms with Crippen LogP contribution < -0.4 is 11.2 Å². The number of carbonyl (C=O) groups excluding carboxylic acids is 2. The fourth-order valence-electron chi connectivity index (χ4n) is 0.933. The standard InChI is InChI=1S/C8H7N3O4/c9-7(12)5-1-3-6(4-2-5)8(13)10-11(14)15/h1-4H,(H2,9,12)(H,10,13). The lowest BCUT2D eigenvalue weighted by molar-refractivity contribution is -0.527. The lowest BCUT2D eigenvalue weighted by atomic mass is 10.1. The van der Waals surface area contributed by atoms with Crippen LogP contribution in [0.15, 0.2) is 24.3 Å². The summed E-state index contributed by atoms with van der Waals surface area (Å²) in [5.41, 5.74) is 6.76. The molecule has 7 nitrogen and oxygen atoms in total. The van der Waals surface area contributed by atoms with Crippen LogP contribution in [-0.4, -0.2) is 16.8 Å². The number of hydrazine groups is 1. The van der Waals surface area contributed by atoms with E-state index in [0.717, 1.165) is 0 Å². The van der Waals surface area contributed by atoms with E-state index in [1.54, 1.807) is 0 Å². The maximum absolute atomic E-state index is 11.1. The number of hydrogen-bond donors (Lipinski definition) is 2. The van der Waals surface area contributed by atoms with Gasteiger partial charge in [0, 0.05) is 11.1 Å². The number of amides is 2. The molecule has 0 radical (unpaired) electrons. The molecule has 0 spiro atoms. The summed E-state index contributed by atoms with van der Waals surface area (Å²) in [5.74, 6) is -1.48. The normalized spacial score (nSPS) is 9.33. The molecule has 1 aromatic rings. The summed E-state index contributed by atoms with van der Waals surface area (Å²) < 4.78 is 0. The Morgan fingerprint density at radius 2 is 1.67 bits per heavy atom. The van der Waals surface area contributed by atoms with Gasteiger partial charge in [0.25, 0.3) is 0 Å². The summed E-state index contributed by atoms with van der Waals surface area (Å²) in [5, 5.41) is 9.00. The molecule has 2 amide bonds. The van der Waals surface area contributed by atoms with Gasteiger partial charge in [0.05, 0.1) is 0 Å². The van der Waals surface area contributed by atoms with E-state index in [2.05, 4.69) is 0 Å². The van der Waals surface area contributed by atoms with Gasteiger partial charge in [-0.25, -0.2) is 10.1 Å². The van der Waals surface area contributed by atoms with E-state index < -0.39 is 16.8 Å². The zero-order valence-corrected chi connectivity index (χ0v) is 7.47. The van der Waals surface area contributed by atoms with Crippen molar-refractivity contribution in [1.82, 2.24) is 5.43 Å². The summed E-state index contributed by atoms with van der Waals surface area (Å²) in [6.07, 6.45) is 0. The van der Waals surface area contributed by atoms with Crippen molar-refractivity contribution in [1.29, 1.82) is 0 Å². The maximum Gasteiger partial charge on any atom is 0.310 e. The van der Waals surface area contributed by atoms with Crippen LogP contribution in [0.1, 0.15) is 20.7 Å². The molecule has 0 saturated heterocycles. The zero-order chi connectivity index (χ0) is 11.4. The van der Waals surface area contributed by atoms with Gasteiger partial charge >= 0.3 is 5.91 Å². The van der Waals surface area contributed by atoms with Gasteiger partial charge in [-0.1, -0.05) is 5.43 Å². The Labute approximate surface area is 84.0 Å². The highest BCUT2D eigenvalue weighted by atomic mass is 16.7. The van der Waals surface area contributed by atoms with E-state index >= 15 is 0 Å². The van der Waals surface area contributed by atoms with Gasteiger partial charge in [-0.3, -0.25) is 9.59 Å². The Morgan fingerprint density at radius 1 is 1.20 bits per heavy atom. The summed E-state index contributed by atoms with van der Waals surface area (Å²) in [6.45, 7) is 0. The maximum atomic E-state index is 11.1. The molecule has 0 heterocycles. The molecule has 3 N–H and O–H groups in total. The first-order valence-corrected chi connectivity index (χ1v) is 3.86. The minimum absolute atomic E-state index is 0.0803. The van der Waals surface area contributed by atoms with Crippen LogP contribution >= 0.6 is 0 Å². The molecule has 78 valence electrons. The molecule has 1 aromatic carbocycles. The smallest absolute Gasteiger partial charge is 0.310 e. The molecule has 0 aromatic heterocycles. The van der Waals surface area contributed by atoms with Crippen molar-refractivity contribution < 1.29 is 14.6 Å². The quantitative estimate of drug-likeness (QED) is 0.525. The van der Waals surface area contributed by atoms with Crippen molar-refractivity contribution >= 4 is 11.8 Å². The highest BCUT2D eigenvalue weighted by Crippen LogP contribution is 2.03. The minimum Gasteiger partial charge on any atom is -0.366 e. The Kier molecular flexibility index (Phi) is 2.97. The van der Waals surface area contributed by atoms with Crippen LogP contribution in [0.2, 0.25) is 0 Å². The number of nitrogens with zero attached hydrogens (tertiary/aromatic N) is 1. The molecule has 0 atom stereocenters. The Bertz CT molecular complexity index is 412. The van der Waals surface area contributed by atoms with Crippen molar-refractivity contribution in [2.24, 2.45) is 5.73 Å². The molecule has 0 unspecified atom stereocenters. The number of benzene rings is 1. The first-order chi connectivity index (χ1) is 7.00. The van der Waals surface area contributed by atoms with Crippen molar-refractivity contribution in [2.75, 3.05) is 0 Å². The van der Waals surface area contributed by atoms with E-state index in [1.807, 2.05) is 0 Å². The third-order valence-electron chi connectivity index (χ3n) is 1.62. The molecule has 1 rings (SSSR count). The number of nitrogens with one attached hydrogen (secondary N) is 1. The van der Waals surface area contributed by atoms with Gasteiger partial charge < -0.3 is 5.73 Å². The number of hydrogen-bond acceptors (Lipinski definition) is 4. The second kappa shape index (κ2) is 4.18. The molecule has 7 heteroatoms. The molecule has 0 bridgehead atoms. The predicted molar refractivity (Wildman–Crippen MR) is 49.4 cm³/mol. The predicted octanol–water partition coefficient (Wildman–Crippen LogP) is -0.293. The van der Waals surface area contributed by atoms with Gasteiger partial charge in [0.2, 0.25) is 5.91 Å². The van der Waals surface area contributed by atoms with Crippen molar-refractivity contribution in [2.45, 2.75) is 0 Å². The number of nitrogens with two attached hydrogens (primary N) is 1. The summed E-state index contributed by atoms with van der Waals surface area (Å²) >= 11 is 0. The van der Waals surface area contributed by atoms with Crippen LogP contribution in [0.25, 0.3) is 0 Å². The van der Waals surface area contributed by atoms with Crippen molar-refractivity contribution in [3.8, 4) is 0 Å². The zero-order valence-electron chi connectivity index (χ0n) is 7.47. The highest BCUT2D eigenvalue weighted by Gasteiger charge is 2.10. The van der Waals surface area contributed by atoms with E-state index in [1.165, 1.54) is 29.7 Å². The third-order valence-corrected chi connectivity index (χ3v) is 1.62. The highest BCUT2D eigenvalue weighted by molar-refractivity contribution is 5.96. The molecular formula is C8H7N3O4. The SMILES string of the molecule is NC(=O)c1ccc(C(=O)N[N+](=O)[O-])cc1. The van der Waals surface area contributed by atoms with Crippen LogP contribution in [0, 0.1) is 10.1 Å². The van der Waals surface area contributed by atoms with Gasteiger partial charge in [-0.15, -0.1) is 0 Å². The first-order valence-electron chi connectivity index (χ1n) is 3.86. The van der Waals surface area contributed by atoms with Crippen molar-refractivity contribution in [3.63, 3.8) is 0 Å². The number of primary amides is 1. The van der Waals surface area contributed by atoms with Gasteiger partial charge in [-0.05, 0) is 24.3 Å². The molecular weight excluding hydrogens is 202 g/mol. The molecule has 0 fully saturated rings. The fraction of sp³-hybridized carbons (Fsp3) is 0. The number of nitro groups is 1. The number of rotatable bonds is 3. The minimum atomic E-state index is -0.954. The Hall–Kier alpha value is -2.44. The van der Waals surface area contributed by atoms with Gasteiger partial charge in [0.15, 0.2) is 5.03 Å². The number of carbonyl (C=O) groups is 2. The fourth-order valence-corrected chi connectivity index (χ4v) is 0.933. The summed E-state index contributed by atoms with van der Waals surface area (Å²) in [7, 11) is 0. The Morgan fingerprint density at radius 3 is 2.07 bits per heavy atom. The second-order valence-corrected chi connectivity index (χ2v) is 2.64. The van der Waals surface area contributed by atoms with Crippen LogP contribution in [0.4, 0.5) is 0 Å². The lowest BCUT2D eigenvalue weighted by Gasteiger charge is -1.98. The molecule has 15 heavy (non-hydrogen) atoms. The molecule has 0 aliphatic rings. The van der Waals surface area contributed by atoms with Crippen LogP contribution in [0.5, 0.6) is 0 Å². The van der Waals surface area contributed by atoms with Gasteiger partial charge in [0.1, 0.15) is 0 Å². The van der Waals surface area contributed by atoms with Crippen LogP contribution in [-0.2, 0) is 0 Å². The van der Waals surface area contributed by atoms with E-state index in [-0.39, 0.29) is 11.1 Å². The van der Waals surface area contributed by atoms with Crippen molar-refractivity contribution in [3.05, 3.63) is 45.5 Å². The van der Waals surface area contributed by atoms with Crippen LogP contribution in [0.3, 0.4) is 0 Å². The largest absolute Gasteiger partial charge is 0.366 e. The lowest BCUT2D eigenvalue weighted by Crippen LogP contribution is -2.29. The summed E-state index contributed by atoms with van der Waals surface area (Å²) in [6, 6.07) is 5.19. The average molecular weight is 209 g/mol. The monoisotopic (exact) mass is 209 g/mol. The third kappa shape index (κ3) is 2.76. The van der Waals surface area contributed by atoms with E-state index in [4.69, 9.17) is 5.73 Å². The second-order valence-electron chi connectivity index (χ2n) is 2.64. The van der Waals surface area contributed by atoms with E-state index in [0.29, 0.717) is 0 Å². The topological polar surface area (TPSA) is 115 Å². The summed E-state index contributed by atoms with van der Waals surface area (Å²) in [4.78, 5) is 31.7. The average Bonchev–Trinajstić information content (AvgIpc) is 2.17.